The molecule has 26 heavy (non-hydrogen) atoms. The van der Waals surface area contributed by atoms with Gasteiger partial charge in [0.2, 0.25) is 0 Å². The van der Waals surface area contributed by atoms with Gasteiger partial charge in [0.25, 0.3) is 5.91 Å². The Hall–Kier alpha value is -3.41. The molecule has 2 N–H and O–H groups in total. The van der Waals surface area contributed by atoms with Crippen molar-refractivity contribution in [2.24, 2.45) is 7.05 Å². The number of aromatic nitrogens is 4. The largest absolute Gasteiger partial charge is 0.342 e. The van der Waals surface area contributed by atoms with Crippen LogP contribution in [-0.2, 0) is 19.9 Å². The van der Waals surface area contributed by atoms with Crippen LogP contribution in [0.15, 0.2) is 60.8 Å². The van der Waals surface area contributed by atoms with Crippen molar-refractivity contribution >= 4 is 22.6 Å². The van der Waals surface area contributed by atoms with Crippen LogP contribution in [0, 0.1) is 0 Å². The van der Waals surface area contributed by atoms with Crippen LogP contribution in [0.4, 0.5) is 5.69 Å². The molecule has 0 atom stereocenters. The van der Waals surface area contributed by atoms with Crippen molar-refractivity contribution in [3.05, 3.63) is 77.9 Å². The second kappa shape index (κ2) is 6.84. The number of para-hydroxylation sites is 3. The van der Waals surface area contributed by atoms with Crippen molar-refractivity contribution in [1.82, 2.24) is 19.7 Å². The quantitative estimate of drug-likeness (QED) is 0.582. The lowest BCUT2D eigenvalue weighted by molar-refractivity contribution is 0.101. The van der Waals surface area contributed by atoms with E-state index in [2.05, 4.69) is 20.4 Å². The van der Waals surface area contributed by atoms with Gasteiger partial charge < -0.3 is 10.3 Å². The van der Waals surface area contributed by atoms with Gasteiger partial charge >= 0.3 is 0 Å². The Morgan fingerprint density at radius 1 is 1.08 bits per heavy atom. The Labute approximate surface area is 150 Å². The molecule has 0 radical (unpaired) electrons. The van der Waals surface area contributed by atoms with Gasteiger partial charge in [-0.15, -0.1) is 0 Å². The maximum Gasteiger partial charge on any atom is 0.273 e. The third-order valence-corrected chi connectivity index (χ3v) is 4.39. The summed E-state index contributed by atoms with van der Waals surface area (Å²) in [5.74, 6) is 0.778. The number of H-pyrrole nitrogens is 1. The van der Waals surface area contributed by atoms with Crippen LogP contribution in [0.5, 0.6) is 0 Å². The van der Waals surface area contributed by atoms with Gasteiger partial charge in [0.1, 0.15) is 11.5 Å². The molecule has 6 nitrogen and oxygen atoms in total. The molecule has 2 aromatic carbocycles. The van der Waals surface area contributed by atoms with Gasteiger partial charge in [-0.2, -0.15) is 5.10 Å². The van der Waals surface area contributed by atoms with Crippen molar-refractivity contribution in [2.45, 2.75) is 12.8 Å². The standard InChI is InChI=1S/C20H19N5O/c1-25-18(12-13-21-25)20(26)24-15-7-3-2-6-14(15)10-11-19-22-16-8-4-5-9-17(16)23-19/h2-9,12-13H,10-11H2,1H3,(H,22,23)(H,24,26). The van der Waals surface area contributed by atoms with Gasteiger partial charge in [0.15, 0.2) is 0 Å². The number of aromatic amines is 1. The third kappa shape index (κ3) is 3.21. The van der Waals surface area contributed by atoms with Gasteiger partial charge in [0.05, 0.1) is 11.0 Å². The van der Waals surface area contributed by atoms with E-state index < -0.39 is 0 Å². The molecule has 0 fully saturated rings. The summed E-state index contributed by atoms with van der Waals surface area (Å²) < 4.78 is 1.56. The van der Waals surface area contributed by atoms with Crippen LogP contribution in [0.25, 0.3) is 11.0 Å². The first-order valence-corrected chi connectivity index (χ1v) is 8.51. The molecule has 4 aromatic rings. The van der Waals surface area contributed by atoms with Gasteiger partial charge in [-0.3, -0.25) is 9.48 Å². The second-order valence-corrected chi connectivity index (χ2v) is 6.15. The number of rotatable bonds is 5. The number of fused-ring (bicyclic) bond motifs is 1. The Morgan fingerprint density at radius 3 is 2.69 bits per heavy atom. The first-order chi connectivity index (χ1) is 12.7. The molecule has 0 saturated heterocycles. The number of anilines is 1. The van der Waals surface area contributed by atoms with E-state index in [9.17, 15) is 4.79 Å². The number of benzene rings is 2. The van der Waals surface area contributed by atoms with E-state index in [1.54, 1.807) is 24.0 Å². The maximum atomic E-state index is 12.4. The van der Waals surface area contributed by atoms with Crippen molar-refractivity contribution in [2.75, 3.05) is 5.32 Å². The predicted octanol–water partition coefficient (Wildman–Crippen LogP) is 3.33. The normalized spacial score (nSPS) is 11.0. The predicted molar refractivity (Wildman–Crippen MR) is 101 cm³/mol. The SMILES string of the molecule is Cn1nccc1C(=O)Nc1ccccc1CCc1nc2ccccc2[nH]1. The average Bonchev–Trinajstić information content (AvgIpc) is 3.26. The molecule has 6 heteroatoms. The first-order valence-electron chi connectivity index (χ1n) is 8.51. The highest BCUT2D eigenvalue weighted by molar-refractivity contribution is 6.03. The number of carbonyl (C=O) groups excluding carboxylic acids is 1. The molecule has 4 rings (SSSR count). The molecule has 0 aliphatic heterocycles. The van der Waals surface area contributed by atoms with Gasteiger partial charge in [-0.1, -0.05) is 30.3 Å². The zero-order valence-corrected chi connectivity index (χ0v) is 14.4. The van der Waals surface area contributed by atoms with Crippen LogP contribution in [0.3, 0.4) is 0 Å². The lowest BCUT2D eigenvalue weighted by Gasteiger charge is -2.10. The number of imidazole rings is 1. The van der Waals surface area contributed by atoms with E-state index in [1.165, 1.54) is 0 Å². The monoisotopic (exact) mass is 345 g/mol. The van der Waals surface area contributed by atoms with Gasteiger partial charge in [0, 0.05) is 25.4 Å². The van der Waals surface area contributed by atoms with Crippen molar-refractivity contribution in [3.8, 4) is 0 Å². The van der Waals surface area contributed by atoms with Crippen LogP contribution in [-0.4, -0.2) is 25.7 Å². The van der Waals surface area contributed by atoms with Crippen LogP contribution in [0.1, 0.15) is 21.9 Å². The van der Waals surface area contributed by atoms with E-state index >= 15 is 0 Å². The average molecular weight is 345 g/mol. The summed E-state index contributed by atoms with van der Waals surface area (Å²) in [6.07, 6.45) is 3.16. The summed E-state index contributed by atoms with van der Waals surface area (Å²) in [6.45, 7) is 0. The molecule has 0 bridgehead atoms. The number of aryl methyl sites for hydroxylation is 3. The number of amides is 1. The Bertz CT molecular complexity index is 1030. The van der Waals surface area contributed by atoms with E-state index in [1.807, 2.05) is 48.5 Å². The number of nitrogens with one attached hydrogen (secondary N) is 2. The molecular weight excluding hydrogens is 326 g/mol. The summed E-state index contributed by atoms with van der Waals surface area (Å²) in [6, 6.07) is 17.5. The number of hydrogen-bond donors (Lipinski definition) is 2. The fourth-order valence-corrected chi connectivity index (χ4v) is 3.02. The Kier molecular flexibility index (Phi) is 4.23. The number of hydrogen-bond acceptors (Lipinski definition) is 3. The van der Waals surface area contributed by atoms with E-state index in [0.717, 1.165) is 41.0 Å². The topological polar surface area (TPSA) is 75.6 Å². The Morgan fingerprint density at radius 2 is 1.88 bits per heavy atom. The lowest BCUT2D eigenvalue weighted by atomic mass is 10.1. The molecule has 1 amide bonds. The van der Waals surface area contributed by atoms with Gasteiger partial charge in [-0.25, -0.2) is 4.98 Å². The molecule has 0 aliphatic rings. The summed E-state index contributed by atoms with van der Waals surface area (Å²) in [4.78, 5) is 20.4. The molecule has 0 unspecified atom stereocenters. The molecule has 0 spiro atoms. The second-order valence-electron chi connectivity index (χ2n) is 6.15. The van der Waals surface area contributed by atoms with Crippen molar-refractivity contribution in [3.63, 3.8) is 0 Å². The minimum absolute atomic E-state index is 0.166. The fourth-order valence-electron chi connectivity index (χ4n) is 3.02. The molecule has 130 valence electrons. The molecular formula is C20H19N5O. The van der Waals surface area contributed by atoms with E-state index in [-0.39, 0.29) is 5.91 Å². The number of nitrogens with zero attached hydrogens (tertiary/aromatic N) is 3. The maximum absolute atomic E-state index is 12.4. The molecule has 2 heterocycles. The van der Waals surface area contributed by atoms with Crippen molar-refractivity contribution in [1.29, 1.82) is 0 Å². The molecule has 2 aromatic heterocycles. The summed E-state index contributed by atoms with van der Waals surface area (Å²) in [7, 11) is 1.75. The van der Waals surface area contributed by atoms with Crippen LogP contribution in [0.2, 0.25) is 0 Å². The Balaban J connectivity index is 1.50. The minimum Gasteiger partial charge on any atom is -0.342 e. The third-order valence-electron chi connectivity index (χ3n) is 4.39. The summed E-state index contributed by atoms with van der Waals surface area (Å²) in [5.41, 5.74) is 4.43. The lowest BCUT2D eigenvalue weighted by Crippen LogP contribution is -2.17. The molecule has 0 saturated carbocycles. The summed E-state index contributed by atoms with van der Waals surface area (Å²) in [5, 5.41) is 7.03. The summed E-state index contributed by atoms with van der Waals surface area (Å²) >= 11 is 0. The first kappa shape index (κ1) is 16.1. The molecule has 0 aliphatic carbocycles. The highest BCUT2D eigenvalue weighted by atomic mass is 16.2. The zero-order valence-electron chi connectivity index (χ0n) is 14.4. The zero-order chi connectivity index (χ0) is 17.9. The minimum atomic E-state index is -0.166. The van der Waals surface area contributed by atoms with E-state index in [4.69, 9.17) is 0 Å². The smallest absolute Gasteiger partial charge is 0.273 e. The van der Waals surface area contributed by atoms with Crippen molar-refractivity contribution < 1.29 is 4.79 Å². The van der Waals surface area contributed by atoms with Crippen LogP contribution >= 0.6 is 0 Å². The van der Waals surface area contributed by atoms with Crippen LogP contribution < -0.4 is 5.32 Å². The van der Waals surface area contributed by atoms with E-state index in [0.29, 0.717) is 5.69 Å². The number of carbonyl (C=O) groups is 1. The highest BCUT2D eigenvalue weighted by Gasteiger charge is 2.12. The fraction of sp³-hybridized carbons (Fsp3) is 0.150. The highest BCUT2D eigenvalue weighted by Crippen LogP contribution is 2.19. The van der Waals surface area contributed by atoms with Gasteiger partial charge in [-0.05, 0) is 36.2 Å².